The normalized spacial score (nSPS) is 11.4. The molecule has 0 spiro atoms. The van der Waals surface area contributed by atoms with Crippen molar-refractivity contribution < 1.29 is 15.0 Å². The van der Waals surface area contributed by atoms with Gasteiger partial charge in [-0.2, -0.15) is 5.11 Å². The summed E-state index contributed by atoms with van der Waals surface area (Å²) < 4.78 is 0. The Hall–Kier alpha value is -3.73. The van der Waals surface area contributed by atoms with Crippen LogP contribution in [0.4, 0.5) is 11.4 Å². The molecule has 0 fully saturated rings. The van der Waals surface area contributed by atoms with Crippen molar-refractivity contribution >= 4 is 38.9 Å². The molecule has 0 saturated carbocycles. The van der Waals surface area contributed by atoms with E-state index < -0.39 is 5.97 Å². The highest BCUT2D eigenvalue weighted by molar-refractivity contribution is 6.04. The van der Waals surface area contributed by atoms with Gasteiger partial charge in [0.1, 0.15) is 11.3 Å². The first kappa shape index (κ1) is 15.8. The highest BCUT2D eigenvalue weighted by Gasteiger charge is 2.17. The lowest BCUT2D eigenvalue weighted by Crippen LogP contribution is -1.97. The van der Waals surface area contributed by atoms with Crippen LogP contribution >= 0.6 is 0 Å². The van der Waals surface area contributed by atoms with E-state index >= 15 is 0 Å². The molecule has 0 amide bonds. The van der Waals surface area contributed by atoms with E-state index in [0.29, 0.717) is 16.5 Å². The summed E-state index contributed by atoms with van der Waals surface area (Å²) in [6, 6.07) is 22.1. The first-order chi connectivity index (χ1) is 12.6. The first-order valence-corrected chi connectivity index (χ1v) is 8.02. The molecule has 0 aliphatic rings. The van der Waals surface area contributed by atoms with Crippen molar-refractivity contribution in [1.82, 2.24) is 0 Å². The smallest absolute Gasteiger partial charge is 0.339 e. The van der Waals surface area contributed by atoms with Gasteiger partial charge < -0.3 is 10.2 Å². The van der Waals surface area contributed by atoms with Crippen LogP contribution in [0, 0.1) is 0 Å². The fourth-order valence-corrected chi connectivity index (χ4v) is 2.93. The number of carboxylic acids is 1. The molecule has 0 aliphatic carbocycles. The maximum Gasteiger partial charge on any atom is 0.339 e. The van der Waals surface area contributed by atoms with Crippen LogP contribution in [0.1, 0.15) is 10.4 Å². The molecule has 5 nitrogen and oxygen atoms in total. The number of nitrogens with zero attached hydrogens (tertiary/aromatic N) is 2. The molecule has 5 heteroatoms. The molecule has 4 rings (SSSR count). The Morgan fingerprint density at radius 3 is 2.23 bits per heavy atom. The molecule has 0 radical (unpaired) electrons. The number of rotatable bonds is 3. The lowest BCUT2D eigenvalue weighted by Gasteiger charge is -2.07. The number of carboxylic acid groups (broad SMARTS) is 1. The molecule has 0 unspecified atom stereocenters. The molecule has 0 saturated heterocycles. The molecule has 0 heterocycles. The van der Waals surface area contributed by atoms with Crippen molar-refractivity contribution in [1.29, 1.82) is 0 Å². The summed E-state index contributed by atoms with van der Waals surface area (Å²) in [6.07, 6.45) is 0. The van der Waals surface area contributed by atoms with E-state index in [9.17, 15) is 15.0 Å². The van der Waals surface area contributed by atoms with Gasteiger partial charge in [-0.25, -0.2) is 4.79 Å². The highest BCUT2D eigenvalue weighted by atomic mass is 16.4. The van der Waals surface area contributed by atoms with E-state index in [1.165, 1.54) is 6.07 Å². The Bertz CT molecular complexity index is 1180. The lowest BCUT2D eigenvalue weighted by atomic mass is 10.0. The van der Waals surface area contributed by atoms with Crippen LogP contribution in [0.15, 0.2) is 83.0 Å². The summed E-state index contributed by atoms with van der Waals surface area (Å²) in [4.78, 5) is 11.4. The van der Waals surface area contributed by atoms with Gasteiger partial charge in [0.05, 0.1) is 5.69 Å². The molecular weight excluding hydrogens is 328 g/mol. The maximum atomic E-state index is 11.4. The summed E-state index contributed by atoms with van der Waals surface area (Å²) in [5.74, 6) is -1.60. The van der Waals surface area contributed by atoms with Gasteiger partial charge in [-0.3, -0.25) is 0 Å². The predicted molar refractivity (Wildman–Crippen MR) is 101 cm³/mol. The minimum atomic E-state index is -1.21. The molecule has 26 heavy (non-hydrogen) atoms. The van der Waals surface area contributed by atoms with Gasteiger partial charge in [-0.1, -0.05) is 54.6 Å². The van der Waals surface area contributed by atoms with Crippen molar-refractivity contribution in [3.05, 3.63) is 78.4 Å². The largest absolute Gasteiger partial charge is 0.505 e. The minimum Gasteiger partial charge on any atom is -0.505 e. The fourth-order valence-electron chi connectivity index (χ4n) is 2.93. The summed E-state index contributed by atoms with van der Waals surface area (Å²) in [6.45, 7) is 0. The summed E-state index contributed by atoms with van der Waals surface area (Å²) in [5, 5.41) is 31.5. The molecule has 0 bridgehead atoms. The fraction of sp³-hybridized carbons (Fsp3) is 0. The number of hydrogen-bond donors (Lipinski definition) is 2. The van der Waals surface area contributed by atoms with E-state index in [2.05, 4.69) is 10.2 Å². The molecule has 0 aliphatic heterocycles. The third kappa shape index (κ3) is 2.75. The quantitative estimate of drug-likeness (QED) is 0.461. The zero-order valence-electron chi connectivity index (χ0n) is 13.6. The number of hydrogen-bond acceptors (Lipinski definition) is 4. The van der Waals surface area contributed by atoms with Crippen LogP contribution in [-0.4, -0.2) is 16.2 Å². The van der Waals surface area contributed by atoms with Crippen molar-refractivity contribution in [2.75, 3.05) is 0 Å². The molecule has 2 N–H and O–H groups in total. The number of carbonyl (C=O) groups is 1. The molecular formula is C21H14N2O3. The first-order valence-electron chi connectivity index (χ1n) is 8.02. The topological polar surface area (TPSA) is 82.2 Å². The second-order valence-corrected chi connectivity index (χ2v) is 5.88. The number of aromatic carboxylic acids is 1. The van der Waals surface area contributed by atoms with Crippen LogP contribution in [0.5, 0.6) is 5.75 Å². The van der Waals surface area contributed by atoms with Crippen molar-refractivity contribution in [2.45, 2.75) is 0 Å². The van der Waals surface area contributed by atoms with Crippen LogP contribution in [0.3, 0.4) is 0 Å². The molecule has 0 aromatic heterocycles. The standard InChI is InChI=1S/C21H14N2O3/c24-20-18(21(25)26)12-15-7-3-4-8-17(15)19(20)23-22-16-10-9-13-5-1-2-6-14(13)11-16/h1-12,24H,(H,25,26). The van der Waals surface area contributed by atoms with E-state index in [4.69, 9.17) is 0 Å². The number of aromatic hydroxyl groups is 1. The molecule has 126 valence electrons. The van der Waals surface area contributed by atoms with Gasteiger partial charge in [-0.15, -0.1) is 5.11 Å². The average molecular weight is 342 g/mol. The van der Waals surface area contributed by atoms with Crippen LogP contribution in [-0.2, 0) is 0 Å². The Morgan fingerprint density at radius 1 is 0.769 bits per heavy atom. The second kappa shape index (κ2) is 6.29. The molecule has 4 aromatic carbocycles. The monoisotopic (exact) mass is 342 g/mol. The Balaban J connectivity index is 1.86. The minimum absolute atomic E-state index is 0.147. The van der Waals surface area contributed by atoms with Gasteiger partial charge >= 0.3 is 5.97 Å². The highest BCUT2D eigenvalue weighted by Crippen LogP contribution is 2.39. The van der Waals surface area contributed by atoms with E-state index in [1.54, 1.807) is 24.3 Å². The maximum absolute atomic E-state index is 11.4. The lowest BCUT2D eigenvalue weighted by molar-refractivity contribution is 0.0694. The van der Waals surface area contributed by atoms with Gasteiger partial charge in [0.25, 0.3) is 0 Å². The zero-order chi connectivity index (χ0) is 18.1. The van der Waals surface area contributed by atoms with E-state index in [0.717, 1.165) is 10.8 Å². The van der Waals surface area contributed by atoms with Gasteiger partial charge in [0.15, 0.2) is 5.75 Å². The third-order valence-electron chi connectivity index (χ3n) is 4.22. The van der Waals surface area contributed by atoms with Crippen LogP contribution in [0.25, 0.3) is 21.5 Å². The van der Waals surface area contributed by atoms with Gasteiger partial charge in [0, 0.05) is 5.39 Å². The van der Waals surface area contributed by atoms with E-state index in [1.807, 2.05) is 42.5 Å². The summed E-state index contributed by atoms with van der Waals surface area (Å²) >= 11 is 0. The van der Waals surface area contributed by atoms with Gasteiger partial charge in [0.2, 0.25) is 0 Å². The average Bonchev–Trinajstić information content (AvgIpc) is 2.66. The van der Waals surface area contributed by atoms with E-state index in [-0.39, 0.29) is 17.0 Å². The van der Waals surface area contributed by atoms with Crippen LogP contribution in [0.2, 0.25) is 0 Å². The Kier molecular flexibility index (Phi) is 3.82. The summed E-state index contributed by atoms with van der Waals surface area (Å²) in [7, 11) is 0. The third-order valence-corrected chi connectivity index (χ3v) is 4.22. The number of phenols is 1. The number of fused-ring (bicyclic) bond motifs is 2. The van der Waals surface area contributed by atoms with Crippen LogP contribution < -0.4 is 0 Å². The zero-order valence-corrected chi connectivity index (χ0v) is 13.6. The van der Waals surface area contributed by atoms with Gasteiger partial charge in [-0.05, 0) is 34.4 Å². The predicted octanol–water partition coefficient (Wildman–Crippen LogP) is 5.81. The van der Waals surface area contributed by atoms with Crippen molar-refractivity contribution in [3.8, 4) is 5.75 Å². The number of benzene rings is 4. The Morgan fingerprint density at radius 2 is 1.46 bits per heavy atom. The SMILES string of the molecule is O=C(O)c1cc2ccccc2c(N=Nc2ccc3ccccc3c2)c1O. The Labute approximate surface area is 148 Å². The number of azo groups is 1. The second-order valence-electron chi connectivity index (χ2n) is 5.88. The molecule has 4 aromatic rings. The molecule has 0 atom stereocenters. The summed E-state index contributed by atoms with van der Waals surface area (Å²) in [5.41, 5.74) is 0.567. The van der Waals surface area contributed by atoms with Crippen molar-refractivity contribution in [3.63, 3.8) is 0 Å². The van der Waals surface area contributed by atoms with Crippen molar-refractivity contribution in [2.24, 2.45) is 10.2 Å².